The van der Waals surface area contributed by atoms with E-state index in [-0.39, 0.29) is 16.9 Å². The van der Waals surface area contributed by atoms with Crippen molar-refractivity contribution >= 4 is 44.2 Å². The minimum absolute atomic E-state index is 0.0212. The average molecular weight is 901 g/mol. The first-order valence-corrected chi connectivity index (χ1v) is 25.2. The maximum Gasteiger partial charge on any atom is 0.0709 e. The number of rotatable bonds is 7. The number of hydrogen-bond acceptors (Lipinski definition) is 1. The highest BCUT2D eigenvalue weighted by molar-refractivity contribution is 6.10. The van der Waals surface area contributed by atoms with E-state index in [0.717, 1.165) is 19.3 Å². The minimum atomic E-state index is -0.234. The first-order valence-electron chi connectivity index (χ1n) is 25.2. The van der Waals surface area contributed by atoms with E-state index in [0.29, 0.717) is 5.92 Å². The molecular formula is C68H56N2. The van der Waals surface area contributed by atoms with Crippen LogP contribution in [-0.4, -0.2) is 10.6 Å². The Morgan fingerprint density at radius 1 is 0.557 bits per heavy atom. The molecule has 1 heterocycles. The summed E-state index contributed by atoms with van der Waals surface area (Å²) in [5.41, 5.74) is 27.2. The van der Waals surface area contributed by atoms with Gasteiger partial charge in [-0.25, -0.2) is 0 Å². The van der Waals surface area contributed by atoms with E-state index < -0.39 is 0 Å². The van der Waals surface area contributed by atoms with Crippen molar-refractivity contribution in [2.75, 3.05) is 4.90 Å². The molecule has 2 heteroatoms. The zero-order valence-electron chi connectivity index (χ0n) is 40.5. The fraction of sp³-hybridized carbons (Fsp3) is 0.162. The van der Waals surface area contributed by atoms with Crippen molar-refractivity contribution in [2.24, 2.45) is 0 Å². The molecule has 2 nitrogen and oxygen atoms in total. The van der Waals surface area contributed by atoms with Crippen LogP contribution in [-0.2, 0) is 10.8 Å². The zero-order chi connectivity index (χ0) is 47.1. The topological polar surface area (TPSA) is 8.17 Å². The van der Waals surface area contributed by atoms with Gasteiger partial charge in [0, 0.05) is 55.7 Å². The highest BCUT2D eigenvalue weighted by Gasteiger charge is 2.46. The van der Waals surface area contributed by atoms with Crippen LogP contribution in [0.2, 0.25) is 0 Å². The summed E-state index contributed by atoms with van der Waals surface area (Å²) in [5, 5.41) is 2.57. The minimum Gasteiger partial charge on any atom is -0.335 e. The first kappa shape index (κ1) is 42.2. The summed E-state index contributed by atoms with van der Waals surface area (Å²) in [6.45, 7) is 9.71. The van der Waals surface area contributed by atoms with Crippen LogP contribution in [0.15, 0.2) is 241 Å². The van der Waals surface area contributed by atoms with Crippen LogP contribution in [0.25, 0.3) is 55.3 Å². The molecule has 0 fully saturated rings. The van der Waals surface area contributed by atoms with Gasteiger partial charge in [-0.3, -0.25) is 0 Å². The maximum atomic E-state index is 3.97. The molecule has 0 saturated carbocycles. The summed E-state index contributed by atoms with van der Waals surface area (Å²) in [5.74, 6) is 0.376. The van der Waals surface area contributed by atoms with Crippen LogP contribution >= 0.6 is 0 Å². The number of aromatic nitrogens is 1. The van der Waals surface area contributed by atoms with Crippen molar-refractivity contribution in [1.82, 2.24) is 4.57 Å². The molecule has 7 aromatic carbocycles. The van der Waals surface area contributed by atoms with Crippen molar-refractivity contribution in [3.63, 3.8) is 0 Å². The molecule has 0 saturated heterocycles. The second-order valence-electron chi connectivity index (χ2n) is 20.8. The third-order valence-electron chi connectivity index (χ3n) is 16.2. The fourth-order valence-electron chi connectivity index (χ4n) is 12.6. The van der Waals surface area contributed by atoms with Crippen LogP contribution in [0, 0.1) is 0 Å². The predicted molar refractivity (Wildman–Crippen MR) is 295 cm³/mol. The van der Waals surface area contributed by atoms with Crippen LogP contribution in [0.4, 0.5) is 5.69 Å². The maximum absolute atomic E-state index is 3.97. The Kier molecular flexibility index (Phi) is 9.88. The van der Waals surface area contributed by atoms with E-state index >= 15 is 0 Å². The molecule has 338 valence electrons. The van der Waals surface area contributed by atoms with E-state index in [1.807, 2.05) is 0 Å². The molecule has 5 aliphatic carbocycles. The second-order valence-corrected chi connectivity index (χ2v) is 20.8. The molecule has 0 spiro atoms. The molecule has 0 amide bonds. The molecule has 1 aromatic heterocycles. The molecule has 0 radical (unpaired) electrons. The lowest BCUT2D eigenvalue weighted by Crippen LogP contribution is -2.33. The Balaban J connectivity index is 0.887. The van der Waals surface area contributed by atoms with Crippen molar-refractivity contribution in [1.29, 1.82) is 0 Å². The zero-order valence-corrected chi connectivity index (χ0v) is 40.5. The van der Waals surface area contributed by atoms with Gasteiger partial charge in [0.15, 0.2) is 0 Å². The summed E-state index contributed by atoms with van der Waals surface area (Å²) < 4.78 is 2.40. The molecule has 0 aliphatic heterocycles. The fourth-order valence-corrected chi connectivity index (χ4v) is 12.6. The molecule has 2 bridgehead atoms. The van der Waals surface area contributed by atoms with Gasteiger partial charge < -0.3 is 9.47 Å². The summed E-state index contributed by atoms with van der Waals surface area (Å²) in [7, 11) is 0. The lowest BCUT2D eigenvalue weighted by atomic mass is 9.69. The van der Waals surface area contributed by atoms with Crippen LogP contribution in [0.3, 0.4) is 0 Å². The molecule has 0 N–H and O–H groups in total. The molecule has 13 rings (SSSR count). The van der Waals surface area contributed by atoms with Gasteiger partial charge in [-0.1, -0.05) is 185 Å². The van der Waals surface area contributed by atoms with Crippen molar-refractivity contribution in [3.8, 4) is 16.8 Å². The summed E-state index contributed by atoms with van der Waals surface area (Å²) in [6, 6.07) is 62.6. The van der Waals surface area contributed by atoms with Gasteiger partial charge in [-0.2, -0.15) is 0 Å². The van der Waals surface area contributed by atoms with Gasteiger partial charge in [0.25, 0.3) is 0 Å². The Morgan fingerprint density at radius 2 is 1.23 bits per heavy atom. The second kappa shape index (κ2) is 16.4. The number of anilines is 1. The van der Waals surface area contributed by atoms with Gasteiger partial charge in [-0.15, -0.1) is 5.73 Å². The number of allylic oxidation sites excluding steroid dienone is 11. The standard InChI is InChI=1S/C68H56N2/c1-67(2)51-33-39-55(38-31-50(41-51)59-43-63-60(44-62(59)67)58-25-16-24-56(66(58)68(63,3)4)48-19-10-6-11-20-48)69(53-34-27-46(28-35-53)45-17-8-5-9-18-45)54-36-29-47(30-37-54)49-32-40-65-61(42-49)57-23-14-15-26-64(57)70(65)52-21-12-7-13-22-52/h5-24,26-29,31-36,38-40,42-44,55,58H,25,30,37H2,1-4H3/b38-31-,39-33-. The third kappa shape index (κ3) is 6.77. The first-order chi connectivity index (χ1) is 34.2. The summed E-state index contributed by atoms with van der Waals surface area (Å²) in [4.78, 5) is 2.57. The Bertz CT molecular complexity index is 3690. The summed E-state index contributed by atoms with van der Waals surface area (Å²) >= 11 is 0. The van der Waals surface area contributed by atoms with E-state index in [9.17, 15) is 0 Å². The number of hydrogen-bond donors (Lipinski definition) is 0. The van der Waals surface area contributed by atoms with Crippen LogP contribution in [0.5, 0.6) is 0 Å². The molecule has 5 aliphatic rings. The van der Waals surface area contributed by atoms with Crippen LogP contribution < -0.4 is 4.90 Å². The quantitative estimate of drug-likeness (QED) is 0.145. The highest BCUT2D eigenvalue weighted by Crippen LogP contribution is 2.58. The molecular weight excluding hydrogens is 845 g/mol. The van der Waals surface area contributed by atoms with Gasteiger partial charge in [0.05, 0.1) is 17.1 Å². The van der Waals surface area contributed by atoms with E-state index in [4.69, 9.17) is 0 Å². The predicted octanol–water partition coefficient (Wildman–Crippen LogP) is 17.2. The SMILES string of the molecule is CC1(C)C2=C=C(/C=C\C(N(C3=CC=C(c4ccc5c(c4)c4ccccc4n5-c4ccccc4)CC3)c3ccc(-c4ccccc4)cc3)/C=C\2)c2cc3c(cc21)C1CC=CC(c2ccccc2)=C1C3(C)C. The van der Waals surface area contributed by atoms with Crippen LogP contribution in [0.1, 0.15) is 86.3 Å². The van der Waals surface area contributed by atoms with E-state index in [1.165, 1.54) is 106 Å². The Morgan fingerprint density at radius 3 is 1.99 bits per heavy atom. The Labute approximate surface area is 412 Å². The average Bonchev–Trinajstić information content (AvgIpc) is 3.85. The monoisotopic (exact) mass is 900 g/mol. The smallest absolute Gasteiger partial charge is 0.0709 e. The van der Waals surface area contributed by atoms with Gasteiger partial charge in [0.1, 0.15) is 0 Å². The van der Waals surface area contributed by atoms with E-state index in [1.54, 1.807) is 5.57 Å². The number of fused-ring (bicyclic) bond motifs is 8. The van der Waals surface area contributed by atoms with Gasteiger partial charge in [-0.05, 0) is 141 Å². The lowest BCUT2D eigenvalue weighted by Gasteiger charge is -2.37. The largest absolute Gasteiger partial charge is 0.335 e. The third-order valence-corrected chi connectivity index (χ3v) is 16.2. The van der Waals surface area contributed by atoms with Gasteiger partial charge >= 0.3 is 0 Å². The highest BCUT2D eigenvalue weighted by atomic mass is 15.2. The van der Waals surface area contributed by atoms with E-state index in [2.05, 4.69) is 261 Å². The van der Waals surface area contributed by atoms with Crippen molar-refractivity contribution in [3.05, 3.63) is 274 Å². The lowest BCUT2D eigenvalue weighted by molar-refractivity contribution is 0.615. The molecule has 8 aromatic rings. The molecule has 2 atom stereocenters. The number of nitrogens with zero attached hydrogens (tertiary/aromatic N) is 2. The van der Waals surface area contributed by atoms with Gasteiger partial charge in [0.2, 0.25) is 0 Å². The Hall–Kier alpha value is -7.90. The number of benzene rings is 7. The van der Waals surface area contributed by atoms with Crippen molar-refractivity contribution in [2.45, 2.75) is 69.7 Å². The number of para-hydroxylation sites is 2. The van der Waals surface area contributed by atoms with Crippen molar-refractivity contribution < 1.29 is 0 Å². The summed E-state index contributed by atoms with van der Waals surface area (Å²) in [6.07, 6.45) is 22.0. The molecule has 70 heavy (non-hydrogen) atoms. The normalized spacial score (nSPS) is 20.3. The molecule has 2 unspecified atom stereocenters.